The van der Waals surface area contributed by atoms with Crippen molar-refractivity contribution in [1.82, 2.24) is 15.4 Å². The largest absolute Gasteiger partial charge is 0.462 e. The zero-order chi connectivity index (χ0) is 54.5. The van der Waals surface area contributed by atoms with Crippen molar-refractivity contribution in [1.29, 1.82) is 0 Å². The van der Waals surface area contributed by atoms with Gasteiger partial charge in [-0.3, -0.25) is 4.79 Å². The Bertz CT molecular complexity index is 2010. The number of aliphatic hydroxyl groups excluding tert-OH is 9. The van der Waals surface area contributed by atoms with E-state index in [1.54, 1.807) is 86.8 Å². The molecule has 0 unspecified atom stereocenters. The number of carbonyl (C=O) groups excluding carboxylic acids is 2. The van der Waals surface area contributed by atoms with E-state index in [1.807, 2.05) is 17.7 Å². The number of cyclic esters (lactones) is 1. The van der Waals surface area contributed by atoms with Crippen LogP contribution >= 0.6 is 0 Å². The van der Waals surface area contributed by atoms with Gasteiger partial charge in [0.2, 0.25) is 0 Å². The molecule has 0 aliphatic carbocycles. The Balaban J connectivity index is 1.93. The van der Waals surface area contributed by atoms with Crippen LogP contribution in [-0.4, -0.2) is 188 Å². The Morgan fingerprint density at radius 1 is 0.712 bits per heavy atom. The number of urea groups is 1. The van der Waals surface area contributed by atoms with Gasteiger partial charge in [-0.1, -0.05) is 98.9 Å². The van der Waals surface area contributed by atoms with Crippen LogP contribution in [0, 0.1) is 11.8 Å². The van der Waals surface area contributed by atoms with Crippen molar-refractivity contribution in [3.05, 3.63) is 85.1 Å². The van der Waals surface area contributed by atoms with Crippen molar-refractivity contribution in [2.24, 2.45) is 22.7 Å². The molecule has 24 heteroatoms. The molecule has 17 N–H and O–H groups in total. The monoisotopic (exact) mass is 1060 g/mol. The zero-order valence-electron chi connectivity index (χ0n) is 41.8. The number of hydrogen-bond donors (Lipinski definition) is 15. The predicted octanol–water partition coefficient (Wildman–Crippen LogP) is -1.53. The summed E-state index contributed by atoms with van der Waals surface area (Å²) in [6.07, 6.45) is 3.35. The van der Waals surface area contributed by atoms with E-state index in [2.05, 4.69) is 10.6 Å². The summed E-state index contributed by atoms with van der Waals surface area (Å²) in [5.41, 5.74) is 6.08. The maximum absolute atomic E-state index is 13.1. The van der Waals surface area contributed by atoms with Crippen LogP contribution in [0.25, 0.3) is 0 Å². The summed E-state index contributed by atoms with van der Waals surface area (Å²) in [7, 11) is -4.07. The van der Waals surface area contributed by atoms with E-state index in [0.717, 1.165) is 0 Å². The fourth-order valence-corrected chi connectivity index (χ4v) is 8.79. The number of esters is 1. The van der Waals surface area contributed by atoms with Crippen LogP contribution in [0.1, 0.15) is 79.1 Å². The van der Waals surface area contributed by atoms with Gasteiger partial charge in [-0.15, -0.1) is 0 Å². The summed E-state index contributed by atoms with van der Waals surface area (Å²) in [5, 5.41) is 120. The maximum Gasteiger partial charge on any atom is 0.315 e. The Labute approximate surface area is 427 Å². The average Bonchev–Trinajstić information content (AvgIpc) is 3.30. The summed E-state index contributed by atoms with van der Waals surface area (Å²) in [4.78, 5) is 25.8. The van der Waals surface area contributed by atoms with Crippen LogP contribution in [0.3, 0.4) is 0 Å². The molecule has 3 aliphatic heterocycles. The summed E-state index contributed by atoms with van der Waals surface area (Å²) in [6, 6.07) is -3.37. The fourth-order valence-electron chi connectivity index (χ4n) is 8.41. The molecule has 0 aromatic heterocycles. The SMILES string of the molecule is C[C@@H]1[C@H](O)[C@@H](C)/C=C/C=C/C=C/C=C/C=C/C=C/C=C/[C@H](O[C@@H]2O[C@H](C)[C@@H](O)[C@H](N)[C@@H]2O)C[C@@H]2O[C@](O)(C[C@@H](O)C[C@@H](O)[C@H](O)CC[C@@H](O)C[C@@H](O)CC(=O)O[C@H]1C)C[C@H](O)[C@H]2NC(=O)NCCNS(N)(=O)=O. The van der Waals surface area contributed by atoms with Gasteiger partial charge >= 0.3 is 12.0 Å². The van der Waals surface area contributed by atoms with Gasteiger partial charge in [-0.05, 0) is 33.1 Å². The normalized spacial score (nSPS) is 41.9. The second-order valence-corrected chi connectivity index (χ2v) is 20.4. The molecule has 0 radical (unpaired) electrons. The van der Waals surface area contributed by atoms with Gasteiger partial charge < -0.3 is 86.4 Å². The highest BCUT2D eigenvalue weighted by Crippen LogP contribution is 2.35. The molecule has 3 heterocycles. The van der Waals surface area contributed by atoms with Gasteiger partial charge in [0, 0.05) is 50.6 Å². The molecule has 0 aromatic rings. The van der Waals surface area contributed by atoms with Crippen LogP contribution in [0.4, 0.5) is 4.79 Å². The first kappa shape index (κ1) is 63.5. The van der Waals surface area contributed by atoms with E-state index in [-0.39, 0.29) is 44.7 Å². The minimum atomic E-state index is -4.07. The summed E-state index contributed by atoms with van der Waals surface area (Å²) in [5.74, 6) is -3.85. The van der Waals surface area contributed by atoms with Gasteiger partial charge in [-0.2, -0.15) is 8.42 Å². The molecular weight excluding hydrogens is 979 g/mol. The highest BCUT2D eigenvalue weighted by molar-refractivity contribution is 7.87. The molecule has 0 spiro atoms. The van der Waals surface area contributed by atoms with Crippen molar-refractivity contribution < 1.29 is 88.0 Å². The van der Waals surface area contributed by atoms with Crippen LogP contribution in [0.2, 0.25) is 0 Å². The van der Waals surface area contributed by atoms with E-state index < -0.39 is 157 Å². The molecule has 73 heavy (non-hydrogen) atoms. The smallest absolute Gasteiger partial charge is 0.315 e. The second kappa shape index (κ2) is 31.3. The predicted molar refractivity (Wildman–Crippen MR) is 267 cm³/mol. The second-order valence-electron chi connectivity index (χ2n) is 19.1. The maximum atomic E-state index is 13.1. The minimum Gasteiger partial charge on any atom is -0.462 e. The van der Waals surface area contributed by atoms with Gasteiger partial charge in [0.15, 0.2) is 12.1 Å². The molecule has 2 bridgehead atoms. The first-order valence-electron chi connectivity index (χ1n) is 24.6. The Morgan fingerprint density at radius 2 is 1.30 bits per heavy atom. The molecule has 3 aliphatic rings. The first-order chi connectivity index (χ1) is 34.3. The lowest BCUT2D eigenvalue weighted by atomic mass is 9.87. The minimum absolute atomic E-state index is 0.127. The molecule has 19 atom stereocenters. The number of carbonyl (C=O) groups is 2. The topological polar surface area (TPSA) is 396 Å². The van der Waals surface area contributed by atoms with E-state index in [1.165, 1.54) is 13.0 Å². The molecule has 2 saturated heterocycles. The fraction of sp³-hybridized carbons (Fsp3) is 0.673. The van der Waals surface area contributed by atoms with Crippen LogP contribution in [0.15, 0.2) is 85.1 Å². The third-order valence-electron chi connectivity index (χ3n) is 12.7. The van der Waals surface area contributed by atoms with Crippen molar-refractivity contribution in [3.63, 3.8) is 0 Å². The molecule has 2 amide bonds. The lowest BCUT2D eigenvalue weighted by Crippen LogP contribution is -2.64. The molecule has 2 fully saturated rings. The van der Waals surface area contributed by atoms with E-state index in [0.29, 0.717) is 0 Å². The van der Waals surface area contributed by atoms with Crippen LogP contribution < -0.4 is 26.2 Å². The number of hydrogen-bond acceptors (Lipinski definition) is 19. The summed E-state index contributed by atoms with van der Waals surface area (Å²) in [6.45, 7) is 6.21. The standard InChI is InChI=1S/C49H81N5O18S/c1-29-17-15-13-11-9-7-5-6-8-10-12-14-16-18-36(71-47-46(64)42(50)45(63)32(4)70-47)26-40-43(54-48(65)52-21-22-53-73(51,67)68)39(60)28-49(66,72-40)27-35(57)24-38(59)37(58)20-19-33(55)23-34(56)25-41(61)69-31(3)30(2)44(29)62/h5-18,29-40,42-47,53,55-60,62-64,66H,19-28,50H2,1-4H3,(H2,51,67,68)(H2,52,54,65)/b6-5+,9-7+,10-8+,13-11+,14-12+,17-15+,18-16+/t29-,30-,31-,32+,33+,34+,35-,36-,37+,38+,39-,40-,42-,43+,44+,45+,46-,47-,49+/m0/s1. The lowest BCUT2D eigenvalue weighted by Gasteiger charge is -2.46. The number of amides is 2. The third-order valence-corrected chi connectivity index (χ3v) is 13.4. The van der Waals surface area contributed by atoms with Gasteiger partial charge in [0.1, 0.15) is 12.2 Å². The quantitative estimate of drug-likeness (QED) is 0.102. The van der Waals surface area contributed by atoms with Gasteiger partial charge in [0.05, 0.1) is 85.6 Å². The molecule has 3 rings (SSSR count). The number of nitrogens with one attached hydrogen (secondary N) is 3. The highest BCUT2D eigenvalue weighted by Gasteiger charge is 2.49. The third kappa shape index (κ3) is 23.3. The molecule has 0 saturated carbocycles. The highest BCUT2D eigenvalue weighted by atomic mass is 32.2. The number of nitrogens with two attached hydrogens (primary N) is 2. The van der Waals surface area contributed by atoms with E-state index >= 15 is 0 Å². The Kier molecular flexibility index (Phi) is 27.3. The molecule has 23 nitrogen and oxygen atoms in total. The number of allylic oxidation sites excluding steroid dienone is 12. The zero-order valence-corrected chi connectivity index (χ0v) is 42.7. The van der Waals surface area contributed by atoms with E-state index in [9.17, 15) is 69.1 Å². The molecular formula is C49H81N5O18S. The van der Waals surface area contributed by atoms with Crippen molar-refractivity contribution in [2.75, 3.05) is 13.1 Å². The lowest BCUT2D eigenvalue weighted by molar-refractivity contribution is -0.303. The summed E-state index contributed by atoms with van der Waals surface area (Å²) >= 11 is 0. The number of ether oxygens (including phenoxy) is 4. The first-order valence-corrected chi connectivity index (χ1v) is 26.1. The number of fused-ring (bicyclic) bond motifs is 2. The average molecular weight is 1060 g/mol. The van der Waals surface area contributed by atoms with E-state index in [4.69, 9.17) is 29.8 Å². The van der Waals surface area contributed by atoms with Gasteiger partial charge in [0.25, 0.3) is 10.2 Å². The summed E-state index contributed by atoms with van der Waals surface area (Å²) < 4.78 is 48.2. The molecule has 416 valence electrons. The number of rotatable bonds is 7. The number of aliphatic hydroxyl groups is 10. The molecule has 0 aromatic carbocycles. The van der Waals surface area contributed by atoms with Crippen LogP contribution in [-0.2, 0) is 34.0 Å². The Morgan fingerprint density at radius 3 is 1.90 bits per heavy atom. The van der Waals surface area contributed by atoms with Crippen molar-refractivity contribution in [3.8, 4) is 0 Å². The van der Waals surface area contributed by atoms with Crippen molar-refractivity contribution >= 4 is 22.2 Å². The van der Waals surface area contributed by atoms with Crippen LogP contribution in [0.5, 0.6) is 0 Å². The van der Waals surface area contributed by atoms with Crippen molar-refractivity contribution in [2.45, 2.75) is 183 Å². The van der Waals surface area contributed by atoms with Gasteiger partial charge in [-0.25, -0.2) is 14.7 Å². The Hall–Kier alpha value is -3.77.